The number of carbonyl (C=O) groups excluding carboxylic acids is 1. The van der Waals surface area contributed by atoms with Gasteiger partial charge in [-0.25, -0.2) is 0 Å². The van der Waals surface area contributed by atoms with Gasteiger partial charge in [0.05, 0.1) is 0 Å². The van der Waals surface area contributed by atoms with Gasteiger partial charge in [-0.15, -0.1) is 0 Å². The normalized spacial score (nSPS) is 12.4. The number of rotatable bonds is 7. The van der Waals surface area contributed by atoms with Crippen LogP contribution in [0.25, 0.3) is 0 Å². The Morgan fingerprint density at radius 1 is 1.39 bits per heavy atom. The number of alkyl halides is 2. The van der Waals surface area contributed by atoms with Crippen LogP contribution in [0, 0.1) is 0 Å². The number of hydrogen-bond acceptors (Lipinski definition) is 3. The van der Waals surface area contributed by atoms with Crippen molar-refractivity contribution in [3.63, 3.8) is 0 Å². The molecular weight excluding hydrogens is 242 g/mol. The summed E-state index contributed by atoms with van der Waals surface area (Å²) >= 11 is 0. The van der Waals surface area contributed by atoms with E-state index >= 15 is 0 Å². The molecule has 1 amide bonds. The van der Waals surface area contributed by atoms with Crippen molar-refractivity contribution < 1.29 is 18.3 Å². The lowest BCUT2D eigenvalue weighted by Crippen LogP contribution is -2.30. The Bertz CT molecular complexity index is 382. The van der Waals surface area contributed by atoms with E-state index in [9.17, 15) is 13.6 Å². The molecule has 0 heterocycles. The molecule has 1 aromatic rings. The molecule has 1 aromatic carbocycles. The number of carbonyl (C=O) groups is 1. The van der Waals surface area contributed by atoms with Gasteiger partial charge in [-0.2, -0.15) is 8.78 Å². The molecule has 0 aliphatic carbocycles. The molecule has 6 heteroatoms. The monoisotopic (exact) mass is 258 g/mol. The lowest BCUT2D eigenvalue weighted by Gasteiger charge is -2.12. The molecule has 0 aliphatic rings. The highest BCUT2D eigenvalue weighted by molar-refractivity contribution is 5.74. The lowest BCUT2D eigenvalue weighted by molar-refractivity contribution is -0.118. The number of amides is 1. The summed E-state index contributed by atoms with van der Waals surface area (Å²) in [5, 5.41) is 3.10. The van der Waals surface area contributed by atoms with Gasteiger partial charge in [-0.05, 0) is 24.6 Å². The van der Waals surface area contributed by atoms with Crippen LogP contribution in [-0.4, -0.2) is 18.6 Å². The summed E-state index contributed by atoms with van der Waals surface area (Å²) < 4.78 is 28.1. The zero-order chi connectivity index (χ0) is 13.5. The van der Waals surface area contributed by atoms with Crippen LogP contribution in [-0.2, 0) is 11.3 Å². The first-order valence-corrected chi connectivity index (χ1v) is 5.53. The molecular formula is C12H16F2N2O2. The van der Waals surface area contributed by atoms with E-state index in [-0.39, 0.29) is 24.1 Å². The third kappa shape index (κ3) is 5.58. The molecule has 0 saturated heterocycles. The van der Waals surface area contributed by atoms with Crippen LogP contribution in [0.2, 0.25) is 0 Å². The minimum Gasteiger partial charge on any atom is -0.435 e. The van der Waals surface area contributed by atoms with E-state index in [0.717, 1.165) is 5.56 Å². The molecule has 0 aromatic heterocycles. The van der Waals surface area contributed by atoms with Crippen molar-refractivity contribution in [1.29, 1.82) is 0 Å². The Balaban J connectivity index is 2.41. The molecule has 1 atom stereocenters. The van der Waals surface area contributed by atoms with Crippen molar-refractivity contribution in [2.24, 2.45) is 5.73 Å². The van der Waals surface area contributed by atoms with Crippen molar-refractivity contribution in [2.75, 3.05) is 0 Å². The van der Waals surface area contributed by atoms with Gasteiger partial charge in [0.2, 0.25) is 5.91 Å². The first-order chi connectivity index (χ1) is 8.47. The highest BCUT2D eigenvalue weighted by atomic mass is 19.3. The zero-order valence-corrected chi connectivity index (χ0v) is 10.0. The molecule has 4 nitrogen and oxygen atoms in total. The van der Waals surface area contributed by atoms with Gasteiger partial charge < -0.3 is 15.8 Å². The number of ether oxygens (including phenoxy) is 1. The number of benzene rings is 1. The minimum atomic E-state index is -2.82. The quantitative estimate of drug-likeness (QED) is 0.781. The predicted molar refractivity (Wildman–Crippen MR) is 63.2 cm³/mol. The van der Waals surface area contributed by atoms with Gasteiger partial charge in [0.25, 0.3) is 0 Å². The number of primary amides is 1. The van der Waals surface area contributed by atoms with Crippen LogP contribution < -0.4 is 15.8 Å². The van der Waals surface area contributed by atoms with Crippen molar-refractivity contribution in [3.8, 4) is 5.75 Å². The maximum Gasteiger partial charge on any atom is 0.387 e. The van der Waals surface area contributed by atoms with Crippen LogP contribution in [0.4, 0.5) is 8.78 Å². The van der Waals surface area contributed by atoms with Crippen molar-refractivity contribution in [1.82, 2.24) is 5.32 Å². The van der Waals surface area contributed by atoms with Crippen LogP contribution in [0.15, 0.2) is 24.3 Å². The predicted octanol–water partition coefficient (Wildman–Crippen LogP) is 1.64. The van der Waals surface area contributed by atoms with E-state index in [1.807, 2.05) is 6.92 Å². The van der Waals surface area contributed by atoms with Crippen molar-refractivity contribution in [2.45, 2.75) is 32.5 Å². The smallest absolute Gasteiger partial charge is 0.387 e. The van der Waals surface area contributed by atoms with Crippen LogP contribution in [0.1, 0.15) is 18.9 Å². The lowest BCUT2D eigenvalue weighted by atomic mass is 10.2. The Morgan fingerprint density at radius 3 is 2.50 bits per heavy atom. The molecule has 1 rings (SSSR count). The number of hydrogen-bond donors (Lipinski definition) is 2. The summed E-state index contributed by atoms with van der Waals surface area (Å²) in [6, 6.07) is 6.28. The average molecular weight is 258 g/mol. The average Bonchev–Trinajstić information content (AvgIpc) is 2.26. The summed E-state index contributed by atoms with van der Waals surface area (Å²) in [5.41, 5.74) is 5.97. The second-order valence-electron chi connectivity index (χ2n) is 3.97. The molecule has 0 bridgehead atoms. The van der Waals surface area contributed by atoms with Crippen molar-refractivity contribution in [3.05, 3.63) is 29.8 Å². The SMILES string of the molecule is CC(CC(N)=O)NCc1ccc(OC(F)F)cc1. The maximum atomic E-state index is 11.9. The van der Waals surface area contributed by atoms with Crippen LogP contribution in [0.3, 0.4) is 0 Å². The van der Waals surface area contributed by atoms with E-state index in [1.54, 1.807) is 12.1 Å². The van der Waals surface area contributed by atoms with Gasteiger partial charge in [-0.1, -0.05) is 12.1 Å². The Kier molecular flexibility index (Phi) is 5.51. The largest absolute Gasteiger partial charge is 0.435 e. The zero-order valence-electron chi connectivity index (χ0n) is 10.0. The highest BCUT2D eigenvalue weighted by Gasteiger charge is 2.06. The summed E-state index contributed by atoms with van der Waals surface area (Å²) in [6.45, 7) is -0.438. The first kappa shape index (κ1) is 14.4. The van der Waals surface area contributed by atoms with Gasteiger partial charge in [0.1, 0.15) is 5.75 Å². The Hall–Kier alpha value is -1.69. The van der Waals surface area contributed by atoms with Crippen molar-refractivity contribution >= 4 is 5.91 Å². The van der Waals surface area contributed by atoms with Gasteiger partial charge >= 0.3 is 6.61 Å². The van der Waals surface area contributed by atoms with E-state index in [1.165, 1.54) is 12.1 Å². The standard InChI is InChI=1S/C12H16F2N2O2/c1-8(6-11(15)17)16-7-9-2-4-10(5-3-9)18-12(13)14/h2-5,8,12,16H,6-7H2,1H3,(H2,15,17). The van der Waals surface area contributed by atoms with Gasteiger partial charge in [0, 0.05) is 19.0 Å². The minimum absolute atomic E-state index is 0.0282. The second-order valence-corrected chi connectivity index (χ2v) is 3.97. The molecule has 0 radical (unpaired) electrons. The summed E-state index contributed by atoms with van der Waals surface area (Å²) in [4.78, 5) is 10.7. The number of nitrogens with two attached hydrogens (primary N) is 1. The third-order valence-corrected chi connectivity index (χ3v) is 2.31. The fourth-order valence-electron chi connectivity index (χ4n) is 1.45. The molecule has 0 aliphatic heterocycles. The first-order valence-electron chi connectivity index (χ1n) is 5.53. The maximum absolute atomic E-state index is 11.9. The fraction of sp³-hybridized carbons (Fsp3) is 0.417. The molecule has 0 spiro atoms. The summed E-state index contributed by atoms with van der Waals surface area (Å²) in [6.07, 6.45) is 0.257. The summed E-state index contributed by atoms with van der Waals surface area (Å²) in [5.74, 6) is -0.241. The molecule has 3 N–H and O–H groups in total. The molecule has 1 unspecified atom stereocenters. The molecule has 18 heavy (non-hydrogen) atoms. The van der Waals surface area contributed by atoms with E-state index in [0.29, 0.717) is 6.54 Å². The second kappa shape index (κ2) is 6.90. The molecule has 0 saturated carbocycles. The third-order valence-electron chi connectivity index (χ3n) is 2.31. The van der Waals surface area contributed by atoms with E-state index in [2.05, 4.69) is 10.1 Å². The summed E-state index contributed by atoms with van der Waals surface area (Å²) in [7, 11) is 0. The van der Waals surface area contributed by atoms with Crippen LogP contribution >= 0.6 is 0 Å². The fourth-order valence-corrected chi connectivity index (χ4v) is 1.45. The number of nitrogens with one attached hydrogen (secondary N) is 1. The highest BCUT2D eigenvalue weighted by Crippen LogP contribution is 2.14. The Morgan fingerprint density at radius 2 is 2.00 bits per heavy atom. The number of halogens is 2. The Labute approximate surface area is 104 Å². The van der Waals surface area contributed by atoms with E-state index in [4.69, 9.17) is 5.73 Å². The van der Waals surface area contributed by atoms with Gasteiger partial charge in [0.15, 0.2) is 0 Å². The molecule has 0 fully saturated rings. The van der Waals surface area contributed by atoms with Crippen LogP contribution in [0.5, 0.6) is 5.75 Å². The topological polar surface area (TPSA) is 64.4 Å². The van der Waals surface area contributed by atoms with Gasteiger partial charge in [-0.3, -0.25) is 4.79 Å². The molecule has 100 valence electrons. The van der Waals surface area contributed by atoms with E-state index < -0.39 is 6.61 Å².